The fourth-order valence-corrected chi connectivity index (χ4v) is 3.51. The Bertz CT molecular complexity index is 735. The number of halogens is 1. The molecule has 5 heteroatoms. The highest BCUT2D eigenvalue weighted by Gasteiger charge is 2.33. The summed E-state index contributed by atoms with van der Waals surface area (Å²) in [4.78, 5) is 12.1. The van der Waals surface area contributed by atoms with Gasteiger partial charge in [-0.05, 0) is 80.0 Å². The van der Waals surface area contributed by atoms with Crippen molar-refractivity contribution in [2.24, 2.45) is 5.92 Å². The van der Waals surface area contributed by atoms with Gasteiger partial charge in [-0.2, -0.15) is 0 Å². The van der Waals surface area contributed by atoms with Crippen LogP contribution in [0.2, 0.25) is 0 Å². The Kier molecular flexibility index (Phi) is 5.57. The molecule has 0 aromatic heterocycles. The second-order valence-corrected chi connectivity index (χ2v) is 7.23. The highest BCUT2D eigenvalue weighted by Crippen LogP contribution is 2.33. The number of carbonyl (C=O) groups excluding carboxylic acids is 1. The summed E-state index contributed by atoms with van der Waals surface area (Å²) in [6.45, 7) is 0.218. The molecule has 1 amide bonds. The number of phenols is 1. The first kappa shape index (κ1) is 18.4. The molecule has 26 heavy (non-hydrogen) atoms. The molecule has 1 aliphatic carbocycles. The molecule has 3 rings (SSSR count). The molecule has 0 saturated heterocycles. The summed E-state index contributed by atoms with van der Waals surface area (Å²) in [6.07, 6.45) is 3.91. The maximum atomic E-state index is 13.0. The minimum atomic E-state index is -0.883. The van der Waals surface area contributed by atoms with Gasteiger partial charge >= 0.3 is 0 Å². The molecular formula is C21H24FNO3. The first-order valence-corrected chi connectivity index (χ1v) is 8.98. The molecule has 2 aromatic carbocycles. The van der Waals surface area contributed by atoms with Gasteiger partial charge in [-0.15, -0.1) is 0 Å². The predicted molar refractivity (Wildman–Crippen MR) is 97.5 cm³/mol. The number of aromatic hydroxyl groups is 1. The molecule has 1 aliphatic rings. The number of phenolic OH excluding ortho intramolecular Hbond substituents is 1. The van der Waals surface area contributed by atoms with Gasteiger partial charge in [0.2, 0.25) is 0 Å². The van der Waals surface area contributed by atoms with Crippen molar-refractivity contribution in [2.45, 2.75) is 37.7 Å². The maximum Gasteiger partial charge on any atom is 0.251 e. The van der Waals surface area contributed by atoms with Crippen LogP contribution in [0.25, 0.3) is 0 Å². The lowest BCUT2D eigenvalue weighted by Gasteiger charge is -2.36. The van der Waals surface area contributed by atoms with Gasteiger partial charge in [0.05, 0.1) is 5.60 Å². The minimum Gasteiger partial charge on any atom is -0.508 e. The summed E-state index contributed by atoms with van der Waals surface area (Å²) in [6, 6.07) is 12.6. The van der Waals surface area contributed by atoms with Gasteiger partial charge in [0.1, 0.15) is 11.6 Å². The Morgan fingerprint density at radius 1 is 1.08 bits per heavy atom. The van der Waals surface area contributed by atoms with E-state index in [1.54, 1.807) is 12.1 Å². The minimum absolute atomic E-state index is 0.111. The lowest BCUT2D eigenvalue weighted by Crippen LogP contribution is -2.45. The van der Waals surface area contributed by atoms with Gasteiger partial charge < -0.3 is 15.5 Å². The second kappa shape index (κ2) is 7.87. The molecule has 0 aliphatic heterocycles. The van der Waals surface area contributed by atoms with E-state index in [1.807, 2.05) is 12.1 Å². The number of aliphatic hydroxyl groups is 1. The summed E-state index contributed by atoms with van der Waals surface area (Å²) in [5, 5.41) is 22.8. The van der Waals surface area contributed by atoms with E-state index in [1.165, 1.54) is 24.3 Å². The largest absolute Gasteiger partial charge is 0.508 e. The van der Waals surface area contributed by atoms with Crippen LogP contribution in [0.15, 0.2) is 48.5 Å². The third-order valence-electron chi connectivity index (χ3n) is 5.18. The standard InChI is InChI=1S/C21H24FNO3/c22-18-5-1-15(2-6-18)13-16-9-11-21(26,12-10-16)14-23-20(25)17-3-7-19(24)8-4-17/h1-8,16,24,26H,9-14H2,(H,23,25)/t16-,21+. The molecule has 138 valence electrons. The Hall–Kier alpha value is -2.40. The van der Waals surface area contributed by atoms with E-state index >= 15 is 0 Å². The first-order valence-electron chi connectivity index (χ1n) is 8.98. The smallest absolute Gasteiger partial charge is 0.251 e. The molecule has 0 heterocycles. The van der Waals surface area contributed by atoms with Gasteiger partial charge in [-0.25, -0.2) is 4.39 Å². The Balaban J connectivity index is 1.47. The third-order valence-corrected chi connectivity index (χ3v) is 5.18. The fraction of sp³-hybridized carbons (Fsp3) is 0.381. The van der Waals surface area contributed by atoms with Gasteiger partial charge in [0.25, 0.3) is 5.91 Å². The summed E-state index contributed by atoms with van der Waals surface area (Å²) >= 11 is 0. The lowest BCUT2D eigenvalue weighted by atomic mass is 9.76. The molecule has 4 nitrogen and oxygen atoms in total. The van der Waals surface area contributed by atoms with Crippen LogP contribution < -0.4 is 5.32 Å². The molecule has 0 spiro atoms. The Morgan fingerprint density at radius 2 is 1.69 bits per heavy atom. The monoisotopic (exact) mass is 357 g/mol. The van der Waals surface area contributed by atoms with Crippen LogP contribution in [0.5, 0.6) is 5.75 Å². The van der Waals surface area contributed by atoms with E-state index in [0.717, 1.165) is 24.8 Å². The van der Waals surface area contributed by atoms with Crippen molar-refractivity contribution in [1.29, 1.82) is 0 Å². The number of nitrogens with one attached hydrogen (secondary N) is 1. The van der Waals surface area contributed by atoms with Crippen LogP contribution in [0.1, 0.15) is 41.6 Å². The van der Waals surface area contributed by atoms with Gasteiger partial charge in [0, 0.05) is 12.1 Å². The van der Waals surface area contributed by atoms with Crippen LogP contribution in [0.4, 0.5) is 4.39 Å². The molecule has 1 fully saturated rings. The lowest BCUT2D eigenvalue weighted by molar-refractivity contribution is -0.00742. The van der Waals surface area contributed by atoms with E-state index in [4.69, 9.17) is 0 Å². The number of rotatable bonds is 5. The van der Waals surface area contributed by atoms with Crippen molar-refractivity contribution in [3.8, 4) is 5.75 Å². The fourth-order valence-electron chi connectivity index (χ4n) is 3.51. The zero-order chi connectivity index (χ0) is 18.6. The molecule has 2 aromatic rings. The molecule has 0 radical (unpaired) electrons. The quantitative estimate of drug-likeness (QED) is 0.768. The van der Waals surface area contributed by atoms with Crippen LogP contribution >= 0.6 is 0 Å². The molecule has 0 unspecified atom stereocenters. The highest BCUT2D eigenvalue weighted by atomic mass is 19.1. The number of benzene rings is 2. The van der Waals surface area contributed by atoms with Crippen LogP contribution in [-0.2, 0) is 6.42 Å². The third kappa shape index (κ3) is 4.82. The van der Waals surface area contributed by atoms with Crippen LogP contribution in [-0.4, -0.2) is 28.3 Å². The topological polar surface area (TPSA) is 69.6 Å². The maximum absolute atomic E-state index is 13.0. The van der Waals surface area contributed by atoms with E-state index in [2.05, 4.69) is 5.32 Å². The van der Waals surface area contributed by atoms with Crippen molar-refractivity contribution >= 4 is 5.91 Å². The average Bonchev–Trinajstić information content (AvgIpc) is 2.64. The summed E-state index contributed by atoms with van der Waals surface area (Å²) in [5.41, 5.74) is 0.685. The van der Waals surface area contributed by atoms with Crippen LogP contribution in [0.3, 0.4) is 0 Å². The van der Waals surface area contributed by atoms with E-state index < -0.39 is 5.60 Å². The Labute approximate surface area is 152 Å². The zero-order valence-corrected chi connectivity index (χ0v) is 14.6. The van der Waals surface area contributed by atoms with Gasteiger partial charge in [-0.1, -0.05) is 12.1 Å². The number of amides is 1. The number of carbonyl (C=O) groups is 1. The zero-order valence-electron chi connectivity index (χ0n) is 14.6. The molecule has 1 saturated carbocycles. The number of hydrogen-bond donors (Lipinski definition) is 3. The SMILES string of the molecule is O=C(NC[C@]1(O)CC[C@@H](Cc2ccc(F)cc2)CC1)c1ccc(O)cc1. The second-order valence-electron chi connectivity index (χ2n) is 7.23. The van der Waals surface area contributed by atoms with E-state index in [-0.39, 0.29) is 24.0 Å². The predicted octanol–water partition coefficient (Wildman–Crippen LogP) is 3.43. The average molecular weight is 357 g/mol. The first-order chi connectivity index (χ1) is 12.4. The molecule has 0 atom stereocenters. The highest BCUT2D eigenvalue weighted by molar-refractivity contribution is 5.94. The van der Waals surface area contributed by atoms with Crippen molar-refractivity contribution in [3.05, 3.63) is 65.5 Å². The van der Waals surface area contributed by atoms with Gasteiger partial charge in [0.15, 0.2) is 0 Å². The van der Waals surface area contributed by atoms with E-state index in [0.29, 0.717) is 24.3 Å². The molecule has 3 N–H and O–H groups in total. The normalized spacial score (nSPS) is 22.8. The van der Waals surface area contributed by atoms with Crippen molar-refractivity contribution in [3.63, 3.8) is 0 Å². The van der Waals surface area contributed by atoms with Crippen molar-refractivity contribution in [2.75, 3.05) is 6.54 Å². The molecule has 0 bridgehead atoms. The Morgan fingerprint density at radius 3 is 2.31 bits per heavy atom. The summed E-state index contributed by atoms with van der Waals surface area (Å²) in [5.74, 6) is 0.0937. The van der Waals surface area contributed by atoms with Crippen LogP contribution in [0, 0.1) is 11.7 Å². The molecular weight excluding hydrogens is 333 g/mol. The summed E-state index contributed by atoms with van der Waals surface area (Å²) < 4.78 is 13.0. The van der Waals surface area contributed by atoms with E-state index in [9.17, 15) is 19.4 Å². The number of hydrogen-bond acceptors (Lipinski definition) is 3. The van der Waals surface area contributed by atoms with Crippen molar-refractivity contribution in [1.82, 2.24) is 5.32 Å². The van der Waals surface area contributed by atoms with Crippen molar-refractivity contribution < 1.29 is 19.4 Å². The van der Waals surface area contributed by atoms with Gasteiger partial charge in [-0.3, -0.25) is 4.79 Å². The summed E-state index contributed by atoms with van der Waals surface area (Å²) in [7, 11) is 0.